The number of amides is 2. The molecule has 0 aliphatic rings. The van der Waals surface area contributed by atoms with Gasteiger partial charge in [-0.3, -0.25) is 9.59 Å². The molecule has 0 aliphatic heterocycles. The lowest BCUT2D eigenvalue weighted by molar-refractivity contribution is -0.140. The quantitative estimate of drug-likeness (QED) is 0.200. The minimum Gasteiger partial charge on any atom is -0.464 e. The second kappa shape index (κ2) is 10.2. The van der Waals surface area contributed by atoms with Gasteiger partial charge in [0.2, 0.25) is 0 Å². The number of nitrogens with zero attached hydrogens (tertiary/aromatic N) is 4. The van der Waals surface area contributed by atoms with Crippen molar-refractivity contribution in [3.63, 3.8) is 0 Å². The summed E-state index contributed by atoms with van der Waals surface area (Å²) in [6.07, 6.45) is -5.72. The summed E-state index contributed by atoms with van der Waals surface area (Å²) in [6.45, 7) is 0. The van der Waals surface area contributed by atoms with Crippen molar-refractivity contribution in [2.75, 3.05) is 5.32 Å². The van der Waals surface area contributed by atoms with Gasteiger partial charge in [-0.25, -0.2) is 27.7 Å². The maximum absolute atomic E-state index is 14.0. The maximum Gasteiger partial charge on any atom is 0.433 e. The Kier molecular flexibility index (Phi) is 6.64. The lowest BCUT2D eigenvalue weighted by Gasteiger charge is -2.11. The number of furan rings is 1. The number of rotatable bonds is 6. The highest BCUT2D eigenvalue weighted by atomic mass is 32.1. The van der Waals surface area contributed by atoms with Crippen LogP contribution in [0, 0.1) is 5.82 Å². The highest BCUT2D eigenvalue weighted by molar-refractivity contribution is 7.21. The molecular weight excluding hydrogens is 602 g/mol. The van der Waals surface area contributed by atoms with Gasteiger partial charge in [0.25, 0.3) is 18.2 Å². The third kappa shape index (κ3) is 4.94. The third-order valence-electron chi connectivity index (χ3n) is 6.31. The van der Waals surface area contributed by atoms with Crippen molar-refractivity contribution in [3.05, 3.63) is 88.6 Å². The molecule has 0 spiro atoms. The Morgan fingerprint density at radius 1 is 1.07 bits per heavy atom. The SMILES string of the molecule is NC(=O)c1sc2nc(C(F)(F)F)cc(-c3ccco3)c2c1NC(=O)c1cnn2c(C(F)F)cc(-c3ccc(F)cc3)nc12. The number of nitrogens with one attached hydrogen (secondary N) is 1. The van der Waals surface area contributed by atoms with Crippen LogP contribution in [0.25, 0.3) is 38.4 Å². The average molecular weight is 617 g/mol. The predicted octanol–water partition coefficient (Wildman–Crippen LogP) is 6.71. The summed E-state index contributed by atoms with van der Waals surface area (Å²) in [6, 6.07) is 9.39. The molecule has 6 aromatic rings. The van der Waals surface area contributed by atoms with Crippen molar-refractivity contribution >= 4 is 44.7 Å². The van der Waals surface area contributed by atoms with E-state index in [1.165, 1.54) is 30.5 Å². The fraction of sp³-hybridized carbons (Fsp3) is 0.0741. The van der Waals surface area contributed by atoms with Crippen molar-refractivity contribution in [1.82, 2.24) is 19.6 Å². The molecule has 0 saturated heterocycles. The second-order valence-corrected chi connectivity index (χ2v) is 10.0. The topological polar surface area (TPSA) is 128 Å². The first kappa shape index (κ1) is 27.9. The molecule has 0 unspecified atom stereocenters. The average Bonchev–Trinajstić information content (AvgIpc) is 3.71. The zero-order chi connectivity index (χ0) is 30.6. The summed E-state index contributed by atoms with van der Waals surface area (Å²) in [5.74, 6) is -2.66. The zero-order valence-electron chi connectivity index (χ0n) is 21.1. The van der Waals surface area contributed by atoms with E-state index in [1.807, 2.05) is 0 Å². The molecule has 43 heavy (non-hydrogen) atoms. The highest BCUT2D eigenvalue weighted by Gasteiger charge is 2.35. The molecule has 5 aromatic heterocycles. The van der Waals surface area contributed by atoms with Crippen LogP contribution in [0.1, 0.15) is 37.8 Å². The molecular formula is C27H14F6N6O3S. The summed E-state index contributed by atoms with van der Waals surface area (Å²) in [4.78, 5) is 33.3. The molecule has 16 heteroatoms. The Hall–Kier alpha value is -5.25. The molecule has 0 radical (unpaired) electrons. The molecule has 2 amide bonds. The summed E-state index contributed by atoms with van der Waals surface area (Å²) in [5.41, 5.74) is 2.84. The van der Waals surface area contributed by atoms with E-state index >= 15 is 0 Å². The van der Waals surface area contributed by atoms with E-state index in [0.717, 1.165) is 28.9 Å². The Balaban J connectivity index is 1.52. The van der Waals surface area contributed by atoms with Crippen LogP contribution >= 0.6 is 11.3 Å². The van der Waals surface area contributed by atoms with E-state index in [1.54, 1.807) is 0 Å². The maximum atomic E-state index is 14.0. The molecule has 9 nitrogen and oxygen atoms in total. The Morgan fingerprint density at radius 3 is 2.44 bits per heavy atom. The van der Waals surface area contributed by atoms with Gasteiger partial charge in [-0.15, -0.1) is 11.3 Å². The number of anilines is 1. The Bertz CT molecular complexity index is 2030. The molecule has 6 rings (SSSR count). The van der Waals surface area contributed by atoms with E-state index in [4.69, 9.17) is 10.2 Å². The van der Waals surface area contributed by atoms with Crippen LogP contribution in [-0.4, -0.2) is 31.4 Å². The van der Waals surface area contributed by atoms with Crippen molar-refractivity contribution in [2.45, 2.75) is 12.6 Å². The first-order chi connectivity index (χ1) is 20.4. The fourth-order valence-corrected chi connectivity index (χ4v) is 5.42. The molecule has 3 N–H and O–H groups in total. The highest BCUT2D eigenvalue weighted by Crippen LogP contribution is 2.44. The van der Waals surface area contributed by atoms with Gasteiger partial charge >= 0.3 is 6.18 Å². The normalized spacial score (nSPS) is 12.0. The van der Waals surface area contributed by atoms with Crippen LogP contribution in [0.3, 0.4) is 0 Å². The third-order valence-corrected chi connectivity index (χ3v) is 7.41. The first-order valence-corrected chi connectivity index (χ1v) is 12.9. The van der Waals surface area contributed by atoms with E-state index in [2.05, 4.69) is 20.4 Å². The van der Waals surface area contributed by atoms with Gasteiger partial charge in [-0.1, -0.05) is 0 Å². The number of alkyl halides is 5. The van der Waals surface area contributed by atoms with Crippen molar-refractivity contribution < 1.29 is 40.3 Å². The second-order valence-electron chi connectivity index (χ2n) is 9.00. The van der Waals surface area contributed by atoms with E-state index in [0.29, 0.717) is 17.4 Å². The van der Waals surface area contributed by atoms with Crippen molar-refractivity contribution in [1.29, 1.82) is 0 Å². The number of hydrogen-bond acceptors (Lipinski definition) is 7. The lowest BCUT2D eigenvalue weighted by atomic mass is 10.1. The van der Waals surface area contributed by atoms with Crippen LogP contribution in [0.5, 0.6) is 0 Å². The van der Waals surface area contributed by atoms with Gasteiger partial charge < -0.3 is 15.5 Å². The Labute approximate surface area is 239 Å². The van der Waals surface area contributed by atoms with Crippen LogP contribution in [0.15, 0.2) is 65.4 Å². The number of benzene rings is 1. The lowest BCUT2D eigenvalue weighted by Crippen LogP contribution is -2.17. The van der Waals surface area contributed by atoms with E-state index in [-0.39, 0.29) is 54.6 Å². The summed E-state index contributed by atoms with van der Waals surface area (Å²) < 4.78 is 88.5. The first-order valence-electron chi connectivity index (χ1n) is 12.0. The van der Waals surface area contributed by atoms with Crippen LogP contribution in [0.4, 0.5) is 32.0 Å². The molecule has 1 aromatic carbocycles. The van der Waals surface area contributed by atoms with Gasteiger partial charge in [0, 0.05) is 16.5 Å². The van der Waals surface area contributed by atoms with Crippen LogP contribution < -0.4 is 11.1 Å². The number of pyridine rings is 1. The number of thiophene rings is 1. The number of primary amides is 1. The van der Waals surface area contributed by atoms with Crippen molar-refractivity contribution in [2.24, 2.45) is 5.73 Å². The minimum atomic E-state index is -4.86. The summed E-state index contributed by atoms with van der Waals surface area (Å²) in [5, 5.41) is 6.26. The Morgan fingerprint density at radius 2 is 1.81 bits per heavy atom. The number of carbonyl (C=O) groups is 2. The molecule has 0 bridgehead atoms. The largest absolute Gasteiger partial charge is 0.464 e. The monoisotopic (exact) mass is 616 g/mol. The molecule has 0 saturated carbocycles. The van der Waals surface area contributed by atoms with Crippen LogP contribution in [0.2, 0.25) is 0 Å². The van der Waals surface area contributed by atoms with Gasteiger partial charge in [0.05, 0.1) is 23.8 Å². The van der Waals surface area contributed by atoms with Crippen molar-refractivity contribution in [3.8, 4) is 22.6 Å². The molecule has 218 valence electrons. The fourth-order valence-electron chi connectivity index (χ4n) is 4.41. The number of halogens is 6. The smallest absolute Gasteiger partial charge is 0.433 e. The molecule has 5 heterocycles. The number of aromatic nitrogens is 4. The van der Waals surface area contributed by atoms with Crippen LogP contribution in [-0.2, 0) is 6.18 Å². The van der Waals surface area contributed by atoms with E-state index < -0.39 is 41.6 Å². The standard InChI is InChI=1S/C27H14F6N6O3S/c28-12-5-3-11(4-6-12)15-9-16(22(29)30)39-24(36-15)14(10-35-39)25(41)38-20-19-13(17-2-1-7-42-17)8-18(27(31,32)33)37-26(19)43-21(20)23(34)40/h1-10,22H,(H2,34,40)(H,38,41). The minimum absolute atomic E-state index is 0.0138. The number of hydrogen-bond donors (Lipinski definition) is 2. The number of fused-ring (bicyclic) bond motifs is 2. The molecule has 0 atom stereocenters. The zero-order valence-corrected chi connectivity index (χ0v) is 21.9. The van der Waals surface area contributed by atoms with Gasteiger partial charge in [-0.2, -0.15) is 18.3 Å². The summed E-state index contributed by atoms with van der Waals surface area (Å²) in [7, 11) is 0. The molecule has 0 aliphatic carbocycles. The van der Waals surface area contributed by atoms with Gasteiger partial charge in [0.15, 0.2) is 5.65 Å². The molecule has 0 fully saturated rings. The van der Waals surface area contributed by atoms with Gasteiger partial charge in [-0.05, 0) is 48.5 Å². The predicted molar refractivity (Wildman–Crippen MR) is 142 cm³/mol. The number of nitrogens with two attached hydrogens (primary N) is 1. The number of carbonyl (C=O) groups excluding carboxylic acids is 2. The van der Waals surface area contributed by atoms with Gasteiger partial charge in [0.1, 0.15) is 38.2 Å². The summed E-state index contributed by atoms with van der Waals surface area (Å²) >= 11 is 0.515. The van der Waals surface area contributed by atoms with E-state index in [9.17, 15) is 35.9 Å².